The number of hydrogen-bond donors (Lipinski definition) is 1. The average Bonchev–Trinajstić information content (AvgIpc) is 2.98. The van der Waals surface area contributed by atoms with Crippen molar-refractivity contribution in [1.82, 2.24) is 19.7 Å². The Morgan fingerprint density at radius 1 is 1.10 bits per heavy atom. The number of nitrogens with zero attached hydrogens (tertiary/aromatic N) is 5. The minimum atomic E-state index is -4.68. The minimum Gasteiger partial charge on any atom is -0.373 e. The Morgan fingerprint density at radius 2 is 1.76 bits per heavy atom. The second-order valence-corrected chi connectivity index (χ2v) is 6.67. The Bertz CT molecular complexity index is 845. The van der Waals surface area contributed by atoms with E-state index >= 15 is 0 Å². The zero-order chi connectivity index (χ0) is 21.4. The topological polar surface area (TPSA) is 82.1 Å². The van der Waals surface area contributed by atoms with Gasteiger partial charge in [-0.3, -0.25) is 4.68 Å². The quantitative estimate of drug-likeness (QED) is 0.744. The highest BCUT2D eigenvalue weighted by molar-refractivity contribution is 5.38. The lowest BCUT2D eigenvalue weighted by molar-refractivity contribution is -0.140. The van der Waals surface area contributed by atoms with E-state index in [2.05, 4.69) is 15.1 Å². The molecule has 0 saturated carbocycles. The van der Waals surface area contributed by atoms with Crippen molar-refractivity contribution in [2.75, 3.05) is 18.1 Å². The maximum absolute atomic E-state index is 13.7. The number of halogens is 6. The molecule has 2 aromatic heterocycles. The van der Waals surface area contributed by atoms with Crippen LogP contribution in [0.4, 0.5) is 32.3 Å². The zero-order valence-corrected chi connectivity index (χ0v) is 15.3. The van der Waals surface area contributed by atoms with Gasteiger partial charge >= 0.3 is 12.4 Å². The van der Waals surface area contributed by atoms with Crippen LogP contribution in [0.25, 0.3) is 0 Å². The molecule has 2 N–H and O–H groups in total. The number of nitrogens with two attached hydrogens (primary N) is 1. The Labute approximate surface area is 161 Å². The Morgan fingerprint density at radius 3 is 2.31 bits per heavy atom. The SMILES string of the molecule is C[C@H](N)COCc1nn2c(c1C(F)(F)F)CN(c1ncc(C(F)(F)F)cn1)CC2. The number of hydrogen-bond acceptors (Lipinski definition) is 6. The van der Waals surface area contributed by atoms with Gasteiger partial charge in [-0.25, -0.2) is 9.97 Å². The molecular formula is C16H18F6N6O. The summed E-state index contributed by atoms with van der Waals surface area (Å²) in [6, 6.07) is -0.339. The molecule has 0 aromatic carbocycles. The van der Waals surface area contributed by atoms with Crippen molar-refractivity contribution in [3.05, 3.63) is 34.9 Å². The van der Waals surface area contributed by atoms with E-state index in [9.17, 15) is 26.3 Å². The van der Waals surface area contributed by atoms with Gasteiger partial charge in [-0.1, -0.05) is 0 Å². The van der Waals surface area contributed by atoms with Gasteiger partial charge in [0, 0.05) is 25.0 Å². The van der Waals surface area contributed by atoms with Crippen molar-refractivity contribution in [3.8, 4) is 0 Å². The Kier molecular flexibility index (Phi) is 5.72. The Balaban J connectivity index is 1.85. The first-order chi connectivity index (χ1) is 13.5. The molecular weight excluding hydrogens is 406 g/mol. The third-order valence-electron chi connectivity index (χ3n) is 4.20. The van der Waals surface area contributed by atoms with Crippen molar-refractivity contribution in [2.45, 2.75) is 45.0 Å². The van der Waals surface area contributed by atoms with E-state index in [-0.39, 0.29) is 56.2 Å². The molecule has 160 valence electrons. The number of aromatic nitrogens is 4. The first-order valence-electron chi connectivity index (χ1n) is 8.60. The first kappa shape index (κ1) is 21.3. The fourth-order valence-corrected chi connectivity index (χ4v) is 2.94. The standard InChI is InChI=1S/C16H18F6N6O/c1-9(23)7-29-8-11-13(16(20,21)22)12-6-27(2-3-28(12)26-11)14-24-4-10(5-25-14)15(17,18)19/h4-5,9H,2-3,6-8,23H2,1H3/t9-/m0/s1. The molecule has 1 aliphatic heterocycles. The van der Waals surface area contributed by atoms with Gasteiger partial charge in [-0.15, -0.1) is 0 Å². The van der Waals surface area contributed by atoms with Crippen LogP contribution in [0.15, 0.2) is 12.4 Å². The van der Waals surface area contributed by atoms with Gasteiger partial charge in [0.15, 0.2) is 0 Å². The number of ether oxygens (including phenoxy) is 1. The fourth-order valence-electron chi connectivity index (χ4n) is 2.94. The molecule has 2 aromatic rings. The maximum Gasteiger partial charge on any atom is 0.420 e. The molecule has 0 unspecified atom stereocenters. The van der Waals surface area contributed by atoms with E-state index < -0.39 is 23.5 Å². The van der Waals surface area contributed by atoms with Crippen LogP contribution in [0.3, 0.4) is 0 Å². The summed E-state index contributed by atoms with van der Waals surface area (Å²) >= 11 is 0. The molecule has 29 heavy (non-hydrogen) atoms. The molecule has 3 rings (SSSR count). The first-order valence-corrected chi connectivity index (χ1v) is 8.60. The summed E-state index contributed by atoms with van der Waals surface area (Å²) in [5, 5.41) is 4.00. The van der Waals surface area contributed by atoms with Gasteiger partial charge < -0.3 is 15.4 Å². The molecule has 1 aliphatic rings. The summed E-state index contributed by atoms with van der Waals surface area (Å²) in [5.74, 6) is -0.0895. The predicted molar refractivity (Wildman–Crippen MR) is 88.6 cm³/mol. The molecule has 0 amide bonds. The lowest BCUT2D eigenvalue weighted by Gasteiger charge is -2.28. The Hall–Kier alpha value is -2.41. The summed E-state index contributed by atoms with van der Waals surface area (Å²) in [4.78, 5) is 8.68. The van der Waals surface area contributed by atoms with Gasteiger partial charge in [0.05, 0.1) is 37.6 Å². The average molecular weight is 424 g/mol. The van der Waals surface area contributed by atoms with E-state index in [0.29, 0.717) is 12.4 Å². The second kappa shape index (κ2) is 7.78. The van der Waals surface area contributed by atoms with E-state index in [1.165, 1.54) is 9.58 Å². The van der Waals surface area contributed by atoms with E-state index in [1.807, 2.05) is 0 Å². The van der Waals surface area contributed by atoms with Gasteiger partial charge in [0.25, 0.3) is 0 Å². The lowest BCUT2D eigenvalue weighted by atomic mass is 10.1. The third kappa shape index (κ3) is 4.78. The van der Waals surface area contributed by atoms with Crippen LogP contribution in [-0.4, -0.2) is 38.9 Å². The van der Waals surface area contributed by atoms with Crippen molar-refractivity contribution in [3.63, 3.8) is 0 Å². The number of anilines is 1. The second-order valence-electron chi connectivity index (χ2n) is 6.67. The minimum absolute atomic E-state index is 0.0744. The van der Waals surface area contributed by atoms with Crippen LogP contribution in [0, 0.1) is 0 Å². The predicted octanol–water partition coefficient (Wildman–Crippen LogP) is 2.59. The van der Waals surface area contributed by atoms with Crippen molar-refractivity contribution in [2.24, 2.45) is 5.73 Å². The van der Waals surface area contributed by atoms with Gasteiger partial charge in [0.2, 0.25) is 5.95 Å². The van der Waals surface area contributed by atoms with Crippen molar-refractivity contribution >= 4 is 5.95 Å². The van der Waals surface area contributed by atoms with Crippen LogP contribution in [0.1, 0.15) is 29.4 Å². The maximum atomic E-state index is 13.7. The highest BCUT2D eigenvalue weighted by Crippen LogP contribution is 2.37. The summed E-state index contributed by atoms with van der Waals surface area (Å²) in [7, 11) is 0. The summed E-state index contributed by atoms with van der Waals surface area (Å²) in [6.07, 6.45) is -8.07. The molecule has 0 aliphatic carbocycles. The van der Waals surface area contributed by atoms with Gasteiger partial charge in [-0.05, 0) is 6.92 Å². The van der Waals surface area contributed by atoms with Gasteiger partial charge in [0.1, 0.15) is 11.3 Å². The van der Waals surface area contributed by atoms with Crippen LogP contribution in [-0.2, 0) is 36.8 Å². The van der Waals surface area contributed by atoms with Crippen LogP contribution >= 0.6 is 0 Å². The number of fused-ring (bicyclic) bond motifs is 1. The molecule has 0 fully saturated rings. The molecule has 7 nitrogen and oxygen atoms in total. The number of alkyl halides is 6. The van der Waals surface area contributed by atoms with Crippen LogP contribution in [0.5, 0.6) is 0 Å². The highest BCUT2D eigenvalue weighted by Gasteiger charge is 2.41. The summed E-state index contributed by atoms with van der Waals surface area (Å²) < 4.78 is 85.4. The highest BCUT2D eigenvalue weighted by atomic mass is 19.4. The molecule has 0 bridgehead atoms. The van der Waals surface area contributed by atoms with E-state index in [1.54, 1.807) is 6.92 Å². The largest absolute Gasteiger partial charge is 0.420 e. The molecule has 0 radical (unpaired) electrons. The lowest BCUT2D eigenvalue weighted by Crippen LogP contribution is -2.36. The van der Waals surface area contributed by atoms with Crippen LogP contribution in [0.2, 0.25) is 0 Å². The molecule has 0 saturated heterocycles. The summed E-state index contributed by atoms with van der Waals surface area (Å²) in [6.45, 7) is 1.41. The fraction of sp³-hybridized carbons (Fsp3) is 0.562. The normalized spacial score (nSPS) is 16.1. The van der Waals surface area contributed by atoms with E-state index in [0.717, 1.165) is 0 Å². The van der Waals surface area contributed by atoms with Crippen molar-refractivity contribution < 1.29 is 31.1 Å². The smallest absolute Gasteiger partial charge is 0.373 e. The number of rotatable bonds is 5. The zero-order valence-electron chi connectivity index (χ0n) is 15.3. The molecule has 13 heteroatoms. The van der Waals surface area contributed by atoms with E-state index in [4.69, 9.17) is 10.5 Å². The molecule has 0 spiro atoms. The van der Waals surface area contributed by atoms with Gasteiger partial charge in [-0.2, -0.15) is 31.4 Å². The molecule has 3 heterocycles. The third-order valence-corrected chi connectivity index (χ3v) is 4.20. The monoisotopic (exact) mass is 424 g/mol. The van der Waals surface area contributed by atoms with Crippen molar-refractivity contribution in [1.29, 1.82) is 0 Å². The molecule has 1 atom stereocenters. The summed E-state index contributed by atoms with van der Waals surface area (Å²) in [5.41, 5.74) is 3.20. The van der Waals surface area contributed by atoms with Crippen LogP contribution < -0.4 is 10.6 Å².